The molecular weight excluding hydrogens is 628 g/mol. The lowest BCUT2D eigenvalue weighted by Gasteiger charge is -2.51. The number of hydrogen-bond donors (Lipinski definition) is 0. The first-order valence-corrected chi connectivity index (χ1v) is 15.2. The van der Waals surface area contributed by atoms with Gasteiger partial charge in [-0.05, 0) is 44.8 Å². The number of rotatable bonds is 4. The van der Waals surface area contributed by atoms with Crippen LogP contribution in [0.4, 0.5) is 8.78 Å². The molecule has 4 aromatic rings. The van der Waals surface area contributed by atoms with Gasteiger partial charge in [0.15, 0.2) is 23.1 Å². The van der Waals surface area contributed by atoms with E-state index in [0.717, 1.165) is 22.1 Å². The Morgan fingerprint density at radius 3 is 2.62 bits per heavy atom. The molecule has 0 N–H and O–H groups in total. The normalized spacial score (nSPS) is 19.4. The van der Waals surface area contributed by atoms with Gasteiger partial charge in [0.05, 0.1) is 23.7 Å². The van der Waals surface area contributed by atoms with Gasteiger partial charge in [-0.1, -0.05) is 54.6 Å². The van der Waals surface area contributed by atoms with E-state index in [2.05, 4.69) is 15.9 Å². The largest absolute Gasteiger partial charge is 0.482 e. The third kappa shape index (κ3) is 4.42. The molecule has 1 amide bonds. The number of hydrogen-bond acceptors (Lipinski definition) is 6. The number of fused-ring (bicyclic) bond motifs is 4. The molecule has 3 aliphatic rings. The molecular formula is C31H24BrF2N3O4S. The van der Waals surface area contributed by atoms with E-state index in [9.17, 15) is 14.0 Å². The molecule has 42 heavy (non-hydrogen) atoms. The Bertz CT molecular complexity index is 1770. The summed E-state index contributed by atoms with van der Waals surface area (Å²) >= 11 is 4.83. The molecule has 4 heterocycles. The van der Waals surface area contributed by atoms with E-state index in [1.165, 1.54) is 11.8 Å². The molecule has 0 unspecified atom stereocenters. The Labute approximate surface area is 252 Å². The number of carbonyl (C=O) groups excluding carboxylic acids is 1. The van der Waals surface area contributed by atoms with Gasteiger partial charge < -0.3 is 14.4 Å². The lowest BCUT2D eigenvalue weighted by atomic mass is 9.93. The Hall–Kier alpha value is -3.67. The SMILES string of the molecule is O=C1c2c(OCc3ccccc3)c(=O)c(Br)cn2N([C@@H]2c3ccccc3SCc3c2ccc(F)c3F)[C@@H]2COCCN12. The van der Waals surface area contributed by atoms with Crippen LogP contribution in [0.3, 0.4) is 0 Å². The molecule has 214 valence electrons. The van der Waals surface area contributed by atoms with Crippen molar-refractivity contribution in [1.29, 1.82) is 0 Å². The van der Waals surface area contributed by atoms with Gasteiger partial charge in [-0.15, -0.1) is 11.8 Å². The van der Waals surface area contributed by atoms with Crippen LogP contribution in [0.2, 0.25) is 0 Å². The quantitative estimate of drug-likeness (QED) is 0.286. The van der Waals surface area contributed by atoms with Crippen molar-refractivity contribution in [2.24, 2.45) is 0 Å². The number of pyridine rings is 1. The highest BCUT2D eigenvalue weighted by atomic mass is 79.9. The number of amides is 1. The third-order valence-corrected chi connectivity index (χ3v) is 9.51. The lowest BCUT2D eigenvalue weighted by molar-refractivity contribution is -0.0199. The number of halogens is 3. The van der Waals surface area contributed by atoms with Crippen molar-refractivity contribution in [2.75, 3.05) is 24.8 Å². The fourth-order valence-electron chi connectivity index (χ4n) is 5.87. The van der Waals surface area contributed by atoms with E-state index >= 15 is 4.39 Å². The van der Waals surface area contributed by atoms with Crippen LogP contribution in [-0.2, 0) is 17.1 Å². The Balaban J connectivity index is 1.48. The minimum absolute atomic E-state index is 0.0656. The molecule has 11 heteroatoms. The Morgan fingerprint density at radius 2 is 1.79 bits per heavy atom. The summed E-state index contributed by atoms with van der Waals surface area (Å²) in [4.78, 5) is 30.2. The Kier molecular flexibility index (Phi) is 7.03. The number of carbonyl (C=O) groups is 1. The predicted octanol–water partition coefficient (Wildman–Crippen LogP) is 5.61. The molecule has 7 rings (SSSR count). The summed E-state index contributed by atoms with van der Waals surface area (Å²) < 4.78 is 43.7. The van der Waals surface area contributed by atoms with Crippen LogP contribution in [0.1, 0.15) is 38.8 Å². The fraction of sp³-hybridized carbons (Fsp3) is 0.226. The molecule has 0 bridgehead atoms. The summed E-state index contributed by atoms with van der Waals surface area (Å²) in [5, 5.41) is 1.93. The van der Waals surface area contributed by atoms with Crippen LogP contribution in [0.15, 0.2) is 87.1 Å². The summed E-state index contributed by atoms with van der Waals surface area (Å²) in [5.74, 6) is -2.03. The standard InChI is InChI=1S/C31H24BrF2N3O4S/c32-22-14-36-28(30(29(22)38)41-15-18-6-2-1-3-7-18)31(39)35-12-13-40-16-25(35)37(36)27-19-10-11-23(33)26(34)21(19)17-42-24-9-5-4-8-20(24)27/h1-11,14,25,27H,12-13,15-17H2/t25-,27+/m1/s1. The van der Waals surface area contributed by atoms with Crippen LogP contribution in [0.25, 0.3) is 0 Å². The van der Waals surface area contributed by atoms with Gasteiger partial charge in [-0.2, -0.15) is 0 Å². The average molecular weight is 653 g/mol. The summed E-state index contributed by atoms with van der Waals surface area (Å²) in [6, 6.07) is 19.2. The lowest BCUT2D eigenvalue weighted by Crippen LogP contribution is -2.66. The van der Waals surface area contributed by atoms with Gasteiger partial charge in [0.25, 0.3) is 5.91 Å². The van der Waals surface area contributed by atoms with Crippen molar-refractivity contribution in [3.63, 3.8) is 0 Å². The van der Waals surface area contributed by atoms with E-state index in [4.69, 9.17) is 9.47 Å². The molecule has 2 atom stereocenters. The molecule has 3 aromatic carbocycles. The highest BCUT2D eigenvalue weighted by Gasteiger charge is 2.46. The third-order valence-electron chi connectivity index (χ3n) is 7.83. The minimum atomic E-state index is -0.918. The van der Waals surface area contributed by atoms with Crippen molar-refractivity contribution >= 4 is 33.6 Å². The fourth-order valence-corrected chi connectivity index (χ4v) is 7.35. The summed E-state index contributed by atoms with van der Waals surface area (Å²) in [5.41, 5.74) is 2.13. The number of nitrogens with zero attached hydrogens (tertiary/aromatic N) is 3. The molecule has 0 aliphatic carbocycles. The van der Waals surface area contributed by atoms with E-state index < -0.39 is 29.3 Å². The van der Waals surface area contributed by atoms with E-state index in [1.54, 1.807) is 21.8 Å². The van der Waals surface area contributed by atoms with Gasteiger partial charge >= 0.3 is 0 Å². The highest BCUT2D eigenvalue weighted by Crippen LogP contribution is 2.45. The molecule has 0 radical (unpaired) electrons. The van der Waals surface area contributed by atoms with Crippen molar-refractivity contribution in [2.45, 2.75) is 29.5 Å². The maximum Gasteiger partial charge on any atom is 0.278 e. The van der Waals surface area contributed by atoms with Crippen molar-refractivity contribution in [3.8, 4) is 5.75 Å². The van der Waals surface area contributed by atoms with Crippen molar-refractivity contribution in [1.82, 2.24) is 9.58 Å². The number of ether oxygens (including phenoxy) is 2. The topological polar surface area (TPSA) is 64.0 Å². The second kappa shape index (κ2) is 10.9. The van der Waals surface area contributed by atoms with Gasteiger partial charge in [0, 0.05) is 29.0 Å². The van der Waals surface area contributed by atoms with Gasteiger partial charge in [-0.25, -0.2) is 8.78 Å². The molecule has 0 spiro atoms. The summed E-state index contributed by atoms with van der Waals surface area (Å²) in [7, 11) is 0. The molecule has 1 aromatic heterocycles. The second-order valence-corrected chi connectivity index (χ2v) is 12.1. The van der Waals surface area contributed by atoms with Gasteiger partial charge in [0.1, 0.15) is 12.8 Å². The van der Waals surface area contributed by atoms with Crippen molar-refractivity contribution < 1.29 is 23.0 Å². The first-order valence-electron chi connectivity index (χ1n) is 13.4. The molecule has 0 saturated carbocycles. The van der Waals surface area contributed by atoms with E-state index in [1.807, 2.05) is 59.6 Å². The smallest absolute Gasteiger partial charge is 0.278 e. The zero-order chi connectivity index (χ0) is 29.0. The second-order valence-electron chi connectivity index (χ2n) is 10.2. The first-order chi connectivity index (χ1) is 20.4. The van der Waals surface area contributed by atoms with Crippen LogP contribution in [0, 0.1) is 11.6 Å². The monoisotopic (exact) mass is 651 g/mol. The van der Waals surface area contributed by atoms with Crippen LogP contribution in [-0.4, -0.2) is 41.4 Å². The van der Waals surface area contributed by atoms with E-state index in [0.29, 0.717) is 12.2 Å². The van der Waals surface area contributed by atoms with Gasteiger partial charge in [0.2, 0.25) is 5.43 Å². The van der Waals surface area contributed by atoms with Gasteiger partial charge in [-0.3, -0.25) is 19.3 Å². The number of aromatic nitrogens is 1. The molecule has 1 saturated heterocycles. The zero-order valence-corrected chi connectivity index (χ0v) is 24.5. The minimum Gasteiger partial charge on any atom is -0.482 e. The predicted molar refractivity (Wildman–Crippen MR) is 157 cm³/mol. The van der Waals surface area contributed by atoms with E-state index in [-0.39, 0.29) is 52.9 Å². The summed E-state index contributed by atoms with van der Waals surface area (Å²) in [6.07, 6.45) is 0.953. The average Bonchev–Trinajstić information content (AvgIpc) is 3.18. The first kappa shape index (κ1) is 27.2. The molecule has 7 nitrogen and oxygen atoms in total. The summed E-state index contributed by atoms with van der Waals surface area (Å²) in [6.45, 7) is 0.871. The zero-order valence-electron chi connectivity index (χ0n) is 22.1. The molecule has 1 fully saturated rings. The number of morpholine rings is 1. The maximum absolute atomic E-state index is 15.4. The number of benzene rings is 3. The Morgan fingerprint density at radius 1 is 1.00 bits per heavy atom. The van der Waals surface area contributed by atoms with Crippen LogP contribution in [0.5, 0.6) is 5.75 Å². The van der Waals surface area contributed by atoms with Crippen LogP contribution >= 0.6 is 27.7 Å². The molecule has 3 aliphatic heterocycles. The van der Waals surface area contributed by atoms with Crippen molar-refractivity contribution in [3.05, 3.63) is 127 Å². The maximum atomic E-state index is 15.4. The highest BCUT2D eigenvalue weighted by molar-refractivity contribution is 9.10. The number of thioether (sulfide) groups is 1. The van der Waals surface area contributed by atoms with Crippen LogP contribution < -0.4 is 15.2 Å².